The number of hydrogen-bond acceptors (Lipinski definition) is 6. The number of carbonyl (C=O) groups is 2. The Labute approximate surface area is 218 Å². The minimum absolute atomic E-state index is 0.0940. The Morgan fingerprint density at radius 1 is 1.24 bits per heavy atom. The van der Waals surface area contributed by atoms with Crippen LogP contribution in [0.3, 0.4) is 0 Å². The summed E-state index contributed by atoms with van der Waals surface area (Å²) in [7, 11) is 0. The molecule has 0 fully saturated rings. The summed E-state index contributed by atoms with van der Waals surface area (Å²) in [4.78, 5) is 37.4. The summed E-state index contributed by atoms with van der Waals surface area (Å²) in [6, 6.07) is 11.1. The Bertz CT molecular complexity index is 1710. The number of anilines is 1. The highest BCUT2D eigenvalue weighted by Crippen LogP contribution is 2.35. The molecule has 1 atom stereocenters. The number of aryl methyl sites for hydroxylation is 1. The number of amides is 1. The highest BCUT2D eigenvalue weighted by molar-refractivity contribution is 6.31. The van der Waals surface area contributed by atoms with Crippen LogP contribution in [0.4, 0.5) is 15.8 Å². The van der Waals surface area contributed by atoms with Gasteiger partial charge in [-0.25, -0.2) is 9.18 Å². The maximum atomic E-state index is 15.1. The number of benzene rings is 2. The van der Waals surface area contributed by atoms with E-state index in [1.54, 1.807) is 30.3 Å². The predicted octanol–water partition coefficient (Wildman–Crippen LogP) is 4.05. The van der Waals surface area contributed by atoms with Gasteiger partial charge in [0.2, 0.25) is 18.0 Å². The molecule has 3 heterocycles. The lowest BCUT2D eigenvalue weighted by atomic mass is 10.0. The summed E-state index contributed by atoms with van der Waals surface area (Å²) >= 11 is 6.01. The van der Waals surface area contributed by atoms with Crippen molar-refractivity contribution in [1.82, 2.24) is 4.57 Å². The number of rotatable bonds is 7. The topological polar surface area (TPSA) is 167 Å². The molecule has 0 saturated heterocycles. The maximum Gasteiger partial charge on any atom is 0.371 e. The molecule has 2 aromatic carbocycles. The fourth-order valence-electron chi connectivity index (χ4n) is 4.58. The zero-order valence-corrected chi connectivity index (χ0v) is 20.2. The van der Waals surface area contributed by atoms with Crippen molar-refractivity contribution in [3.05, 3.63) is 81.2 Å². The van der Waals surface area contributed by atoms with E-state index in [-0.39, 0.29) is 16.3 Å². The Morgan fingerprint density at radius 3 is 2.82 bits per heavy atom. The lowest BCUT2D eigenvalue weighted by Gasteiger charge is -2.16. The smallest absolute Gasteiger partial charge is 0.371 e. The third-order valence-corrected chi connectivity index (χ3v) is 6.52. The highest BCUT2D eigenvalue weighted by Gasteiger charge is 2.31. The molecular weight excluding hydrogens is 519 g/mol. The number of quaternary nitrogens is 1. The number of aromatic nitrogens is 1. The average Bonchev–Trinajstić information content (AvgIpc) is 3.51. The minimum atomic E-state index is -1.20. The monoisotopic (exact) mass is 537 g/mol. The van der Waals surface area contributed by atoms with Crippen LogP contribution in [0, 0.1) is 11.3 Å². The van der Waals surface area contributed by atoms with Gasteiger partial charge in [-0.1, -0.05) is 16.7 Å². The van der Waals surface area contributed by atoms with Crippen LogP contribution in [0.5, 0.6) is 0 Å². The highest BCUT2D eigenvalue weighted by atomic mass is 35.5. The number of pyridine rings is 1. The number of halogens is 2. The van der Waals surface area contributed by atoms with Crippen molar-refractivity contribution < 1.29 is 28.8 Å². The molecule has 0 aliphatic carbocycles. The SMILES string of the molecule is N=N/N=C\[NH2+]c1ccc(Cl)c(F)c1-c1cc2n(c(=O)c1)[C@H](C(=O)Nc1ccc3oc(C(=O)O)cc3c1)CC2. The number of fused-ring (bicyclic) bond motifs is 2. The van der Waals surface area contributed by atoms with Crippen LogP contribution in [0.2, 0.25) is 5.02 Å². The van der Waals surface area contributed by atoms with Crippen LogP contribution in [0.25, 0.3) is 22.1 Å². The molecule has 13 heteroatoms. The largest absolute Gasteiger partial charge is 0.475 e. The molecule has 0 spiro atoms. The lowest BCUT2D eigenvalue weighted by molar-refractivity contribution is -0.432. The standard InChI is InChI=1S/C25H18ClFN6O5/c26-16-3-4-17(29-11-30-32-28)22(23(16)27)13-8-15-2-5-18(33(15)21(34)10-13)24(35)31-14-1-6-19-12(7-14)9-20(38-19)25(36)37/h1,3-4,6-11,18H,2,5H2,(H,31,35)(H,36,37)(H2,28,29,30)/p+1/t18-/m0/s1. The summed E-state index contributed by atoms with van der Waals surface area (Å²) in [5.41, 5.74) is 8.39. The molecule has 38 heavy (non-hydrogen) atoms. The van der Waals surface area contributed by atoms with Crippen LogP contribution < -0.4 is 16.2 Å². The molecule has 2 aromatic heterocycles. The van der Waals surface area contributed by atoms with Gasteiger partial charge in [-0.15, -0.1) is 0 Å². The van der Waals surface area contributed by atoms with Crippen molar-refractivity contribution in [3.63, 3.8) is 0 Å². The summed E-state index contributed by atoms with van der Waals surface area (Å²) < 4.78 is 21.7. The molecule has 11 nitrogen and oxygen atoms in total. The Balaban J connectivity index is 1.45. The van der Waals surface area contributed by atoms with Gasteiger partial charge in [-0.3, -0.25) is 14.9 Å². The zero-order valence-electron chi connectivity index (χ0n) is 19.4. The van der Waals surface area contributed by atoms with E-state index in [1.165, 1.54) is 34.4 Å². The summed E-state index contributed by atoms with van der Waals surface area (Å²) in [5, 5.41) is 20.0. The van der Waals surface area contributed by atoms with Gasteiger partial charge in [0.25, 0.3) is 5.56 Å². The van der Waals surface area contributed by atoms with Gasteiger partial charge in [0.05, 0.1) is 10.6 Å². The van der Waals surface area contributed by atoms with Gasteiger partial charge in [-0.2, -0.15) is 5.53 Å². The number of carboxylic acid groups (broad SMARTS) is 1. The number of nitrogens with zero attached hydrogens (tertiary/aromatic N) is 3. The van der Waals surface area contributed by atoms with Crippen LogP contribution in [-0.4, -0.2) is 27.9 Å². The van der Waals surface area contributed by atoms with Gasteiger partial charge in [-0.05, 0) is 60.0 Å². The van der Waals surface area contributed by atoms with E-state index in [1.807, 2.05) is 0 Å². The second kappa shape index (κ2) is 10.00. The molecular formula is C25H19ClFN6O5+. The minimum Gasteiger partial charge on any atom is -0.475 e. The van der Waals surface area contributed by atoms with E-state index in [2.05, 4.69) is 15.6 Å². The number of aromatic carboxylic acids is 1. The van der Waals surface area contributed by atoms with Crippen molar-refractivity contribution in [1.29, 1.82) is 5.53 Å². The fraction of sp³-hybridized carbons (Fsp3) is 0.120. The molecule has 5 rings (SSSR count). The van der Waals surface area contributed by atoms with E-state index in [9.17, 15) is 14.4 Å². The van der Waals surface area contributed by atoms with E-state index in [4.69, 9.17) is 26.7 Å². The van der Waals surface area contributed by atoms with Crippen molar-refractivity contribution >= 4 is 52.2 Å². The number of carboxylic acids is 1. The fourth-order valence-corrected chi connectivity index (χ4v) is 4.74. The van der Waals surface area contributed by atoms with Crippen LogP contribution in [-0.2, 0) is 11.2 Å². The number of hydrogen-bond donors (Lipinski definition) is 4. The second-order valence-corrected chi connectivity index (χ2v) is 8.92. The first-order chi connectivity index (χ1) is 18.3. The Kier molecular flexibility index (Phi) is 6.57. The number of furan rings is 1. The van der Waals surface area contributed by atoms with Gasteiger partial charge in [0.15, 0.2) is 5.82 Å². The van der Waals surface area contributed by atoms with Crippen LogP contribution >= 0.6 is 11.6 Å². The zero-order chi connectivity index (χ0) is 27.0. The Morgan fingerprint density at radius 2 is 2.05 bits per heavy atom. The molecule has 1 aliphatic rings. The number of carbonyl (C=O) groups excluding carboxylic acids is 1. The summed E-state index contributed by atoms with van der Waals surface area (Å²) in [6.45, 7) is 0. The molecule has 0 unspecified atom stereocenters. The van der Waals surface area contributed by atoms with Gasteiger partial charge in [0.1, 0.15) is 17.3 Å². The van der Waals surface area contributed by atoms with Crippen molar-refractivity contribution in [2.45, 2.75) is 18.9 Å². The van der Waals surface area contributed by atoms with Crippen molar-refractivity contribution in [3.8, 4) is 11.1 Å². The quantitative estimate of drug-likeness (QED) is 0.0915. The molecule has 0 saturated carbocycles. The first-order valence-electron chi connectivity index (χ1n) is 11.3. The predicted molar refractivity (Wildman–Crippen MR) is 135 cm³/mol. The van der Waals surface area contributed by atoms with E-state index < -0.39 is 29.3 Å². The first kappa shape index (κ1) is 25.0. The number of nitrogens with one attached hydrogen (secondary N) is 2. The average molecular weight is 538 g/mol. The van der Waals surface area contributed by atoms with E-state index in [0.717, 1.165) is 0 Å². The maximum absolute atomic E-state index is 15.1. The Hall–Kier alpha value is -4.68. The van der Waals surface area contributed by atoms with Crippen LogP contribution in [0.1, 0.15) is 28.7 Å². The molecule has 192 valence electrons. The van der Waals surface area contributed by atoms with Gasteiger partial charge >= 0.3 is 5.97 Å². The van der Waals surface area contributed by atoms with Crippen molar-refractivity contribution in [2.75, 3.05) is 5.32 Å². The lowest BCUT2D eigenvalue weighted by Crippen LogP contribution is -2.76. The number of nitrogens with two attached hydrogens (primary N) is 1. The van der Waals surface area contributed by atoms with E-state index >= 15 is 4.39 Å². The summed E-state index contributed by atoms with van der Waals surface area (Å²) in [5.74, 6) is -2.55. The van der Waals surface area contributed by atoms with Gasteiger partial charge < -0.3 is 19.4 Å². The van der Waals surface area contributed by atoms with Crippen molar-refractivity contribution in [2.24, 2.45) is 10.3 Å². The molecule has 1 amide bonds. The van der Waals surface area contributed by atoms with Crippen LogP contribution in [0.15, 0.2) is 68.1 Å². The third-order valence-electron chi connectivity index (χ3n) is 6.23. The molecule has 1 aliphatic heterocycles. The molecule has 0 radical (unpaired) electrons. The summed E-state index contributed by atoms with van der Waals surface area (Å²) in [6.07, 6.45) is 1.99. The second-order valence-electron chi connectivity index (χ2n) is 8.51. The normalized spacial score (nSPS) is 14.6. The molecule has 0 bridgehead atoms. The first-order valence-corrected chi connectivity index (χ1v) is 11.7. The molecule has 5 N–H and O–H groups in total. The van der Waals surface area contributed by atoms with Gasteiger partial charge in [0, 0.05) is 28.9 Å². The van der Waals surface area contributed by atoms with E-state index in [0.29, 0.717) is 46.4 Å². The third kappa shape index (κ3) is 4.58. The molecule has 4 aromatic rings.